The number of carbonyl (C=O) groups is 3. The van der Waals surface area contributed by atoms with Crippen LogP contribution >= 0.6 is 11.8 Å². The molecule has 0 bridgehead atoms. The van der Waals surface area contributed by atoms with Gasteiger partial charge in [-0.3, -0.25) is 14.4 Å². The lowest BCUT2D eigenvalue weighted by Gasteiger charge is -2.30. The van der Waals surface area contributed by atoms with E-state index in [9.17, 15) is 14.4 Å². The van der Waals surface area contributed by atoms with Crippen LogP contribution in [0.4, 0.5) is 4.79 Å². The van der Waals surface area contributed by atoms with Crippen molar-refractivity contribution in [2.45, 2.75) is 46.1 Å². The van der Waals surface area contributed by atoms with Crippen LogP contribution in [0.25, 0.3) is 0 Å². The van der Waals surface area contributed by atoms with Crippen molar-refractivity contribution in [1.82, 2.24) is 10.6 Å². The summed E-state index contributed by atoms with van der Waals surface area (Å²) in [6.07, 6.45) is 1.48. The minimum absolute atomic E-state index is 0.00238. The summed E-state index contributed by atoms with van der Waals surface area (Å²) in [6, 6.07) is -0.449. The average Bonchev–Trinajstić information content (AvgIpc) is 2.78. The highest BCUT2D eigenvalue weighted by molar-refractivity contribution is 8.14. The fourth-order valence-corrected chi connectivity index (χ4v) is 3.11. The smallest absolute Gasteiger partial charge is 0.303 e. The molecule has 3 N–H and O–H groups in total. The summed E-state index contributed by atoms with van der Waals surface area (Å²) in [6.45, 7) is 6.73. The number of amides is 2. The van der Waals surface area contributed by atoms with Crippen molar-refractivity contribution in [3.8, 4) is 0 Å². The molecule has 7 heteroatoms. The van der Waals surface area contributed by atoms with E-state index < -0.39 is 12.0 Å². The van der Waals surface area contributed by atoms with Crippen LogP contribution in [0.1, 0.15) is 40.0 Å². The zero-order valence-electron chi connectivity index (χ0n) is 12.8. The van der Waals surface area contributed by atoms with E-state index in [1.54, 1.807) is 0 Å². The van der Waals surface area contributed by atoms with Crippen LogP contribution in [0.3, 0.4) is 0 Å². The molecule has 6 nitrogen and oxygen atoms in total. The summed E-state index contributed by atoms with van der Waals surface area (Å²) in [5.41, 5.74) is -0.00238. The van der Waals surface area contributed by atoms with Crippen molar-refractivity contribution in [3.05, 3.63) is 0 Å². The van der Waals surface area contributed by atoms with E-state index in [2.05, 4.69) is 31.4 Å². The molecule has 2 amide bonds. The first-order chi connectivity index (χ1) is 9.70. The highest BCUT2D eigenvalue weighted by atomic mass is 32.2. The molecule has 0 aromatic rings. The molecule has 120 valence electrons. The van der Waals surface area contributed by atoms with E-state index >= 15 is 0 Å². The van der Waals surface area contributed by atoms with Crippen LogP contribution in [-0.2, 0) is 9.59 Å². The topological polar surface area (TPSA) is 95.5 Å². The summed E-state index contributed by atoms with van der Waals surface area (Å²) < 4.78 is 0. The van der Waals surface area contributed by atoms with Crippen molar-refractivity contribution in [2.24, 2.45) is 11.3 Å². The number of rotatable bonds is 7. The molecule has 1 rings (SSSR count). The molecule has 1 aliphatic rings. The van der Waals surface area contributed by atoms with Gasteiger partial charge < -0.3 is 15.7 Å². The summed E-state index contributed by atoms with van der Waals surface area (Å²) >= 11 is 1.11. The number of nitrogens with one attached hydrogen (secondary N) is 2. The van der Waals surface area contributed by atoms with E-state index in [0.29, 0.717) is 18.7 Å². The Morgan fingerprint density at radius 1 is 1.43 bits per heavy atom. The highest BCUT2D eigenvalue weighted by Crippen LogP contribution is 2.32. The Morgan fingerprint density at radius 3 is 2.57 bits per heavy atom. The van der Waals surface area contributed by atoms with Gasteiger partial charge in [-0.2, -0.15) is 0 Å². The second kappa shape index (κ2) is 7.68. The van der Waals surface area contributed by atoms with E-state index in [-0.39, 0.29) is 28.9 Å². The lowest BCUT2D eigenvalue weighted by Crippen LogP contribution is -2.43. The number of carboxylic acid groups (broad SMARTS) is 1. The molecule has 1 fully saturated rings. The summed E-state index contributed by atoms with van der Waals surface area (Å²) in [5, 5.41) is 14.1. The first-order valence-electron chi connectivity index (χ1n) is 7.13. The second-order valence-electron chi connectivity index (χ2n) is 6.37. The zero-order chi connectivity index (χ0) is 16.0. The lowest BCUT2D eigenvalue weighted by atomic mass is 9.76. The quantitative estimate of drug-likeness (QED) is 0.666. The third-order valence-electron chi connectivity index (χ3n) is 3.71. The van der Waals surface area contributed by atoms with Crippen molar-refractivity contribution in [3.63, 3.8) is 0 Å². The Hall–Kier alpha value is -1.24. The van der Waals surface area contributed by atoms with E-state index in [4.69, 9.17) is 5.11 Å². The number of aliphatic carboxylic acids is 1. The minimum atomic E-state index is -0.793. The van der Waals surface area contributed by atoms with Gasteiger partial charge in [0.2, 0.25) is 5.91 Å². The number of hydrogen-bond donors (Lipinski definition) is 3. The highest BCUT2D eigenvalue weighted by Gasteiger charge is 2.29. The molecular weight excluding hydrogens is 292 g/mol. The Bertz CT molecular complexity index is 406. The fourth-order valence-electron chi connectivity index (χ4n) is 2.33. The van der Waals surface area contributed by atoms with Gasteiger partial charge in [-0.1, -0.05) is 32.5 Å². The summed E-state index contributed by atoms with van der Waals surface area (Å²) in [7, 11) is 0. The van der Waals surface area contributed by atoms with Crippen molar-refractivity contribution >= 4 is 28.9 Å². The minimum Gasteiger partial charge on any atom is -0.481 e. The molecule has 0 spiro atoms. The zero-order valence-corrected chi connectivity index (χ0v) is 13.6. The van der Waals surface area contributed by atoms with Crippen LogP contribution < -0.4 is 10.6 Å². The molecule has 1 aliphatic heterocycles. The maximum absolute atomic E-state index is 11.9. The second-order valence-corrected chi connectivity index (χ2v) is 7.36. The van der Waals surface area contributed by atoms with Crippen molar-refractivity contribution in [2.75, 3.05) is 12.3 Å². The van der Waals surface area contributed by atoms with Gasteiger partial charge in [0.25, 0.3) is 5.24 Å². The maximum Gasteiger partial charge on any atom is 0.303 e. The molecule has 2 atom stereocenters. The Balaban J connectivity index is 2.37. The average molecular weight is 316 g/mol. The van der Waals surface area contributed by atoms with Gasteiger partial charge in [-0.15, -0.1) is 0 Å². The molecule has 0 aliphatic carbocycles. The van der Waals surface area contributed by atoms with Gasteiger partial charge in [0, 0.05) is 18.7 Å². The van der Waals surface area contributed by atoms with E-state index in [1.165, 1.54) is 0 Å². The van der Waals surface area contributed by atoms with Crippen LogP contribution in [0, 0.1) is 11.3 Å². The fraction of sp³-hybridized carbons (Fsp3) is 0.786. The predicted molar refractivity (Wildman–Crippen MR) is 82.2 cm³/mol. The van der Waals surface area contributed by atoms with E-state index in [1.807, 2.05) is 0 Å². The lowest BCUT2D eigenvalue weighted by molar-refractivity contribution is -0.137. The molecular formula is C14H24N2O4S. The van der Waals surface area contributed by atoms with Crippen LogP contribution in [0.2, 0.25) is 0 Å². The molecule has 1 saturated heterocycles. The third-order valence-corrected chi connectivity index (χ3v) is 4.59. The first kappa shape index (κ1) is 17.8. The van der Waals surface area contributed by atoms with Gasteiger partial charge in [0.15, 0.2) is 0 Å². The third kappa shape index (κ3) is 6.37. The SMILES string of the molecule is CC(C)(C)C(CCNC(=O)C1CSC(=O)N1)CCC(=O)O. The van der Waals surface area contributed by atoms with Gasteiger partial charge in [-0.05, 0) is 24.2 Å². The van der Waals surface area contributed by atoms with Crippen molar-refractivity contribution in [1.29, 1.82) is 0 Å². The Kier molecular flexibility index (Phi) is 6.51. The van der Waals surface area contributed by atoms with Gasteiger partial charge in [-0.25, -0.2) is 0 Å². The van der Waals surface area contributed by atoms with Gasteiger partial charge in [0.1, 0.15) is 6.04 Å². The Labute approximate surface area is 129 Å². The summed E-state index contributed by atoms with van der Waals surface area (Å²) in [4.78, 5) is 33.6. The van der Waals surface area contributed by atoms with Crippen LogP contribution in [0.5, 0.6) is 0 Å². The number of hydrogen-bond acceptors (Lipinski definition) is 4. The molecule has 0 aromatic heterocycles. The van der Waals surface area contributed by atoms with Gasteiger partial charge in [0.05, 0.1) is 0 Å². The van der Waals surface area contributed by atoms with E-state index in [0.717, 1.165) is 18.2 Å². The number of carboxylic acids is 1. The molecule has 21 heavy (non-hydrogen) atoms. The monoisotopic (exact) mass is 316 g/mol. The van der Waals surface area contributed by atoms with Gasteiger partial charge >= 0.3 is 5.97 Å². The molecule has 0 radical (unpaired) electrons. The van der Waals surface area contributed by atoms with Crippen LogP contribution in [-0.4, -0.2) is 40.6 Å². The maximum atomic E-state index is 11.9. The predicted octanol–water partition coefficient (Wildman–Crippen LogP) is 1.84. The molecule has 2 unspecified atom stereocenters. The largest absolute Gasteiger partial charge is 0.481 e. The molecule has 0 saturated carbocycles. The standard InChI is InChI=1S/C14H24N2O4S/c1-14(2,3)9(4-5-11(17)18)6-7-15-12(19)10-8-21-13(20)16-10/h9-10H,4-8H2,1-3H3,(H,15,19)(H,16,20)(H,17,18). The number of thioether (sulfide) groups is 1. The summed E-state index contributed by atoms with van der Waals surface area (Å²) in [5.74, 6) is -0.272. The normalized spacial score (nSPS) is 20.0. The van der Waals surface area contributed by atoms with Crippen molar-refractivity contribution < 1.29 is 19.5 Å². The Morgan fingerprint density at radius 2 is 2.10 bits per heavy atom. The first-order valence-corrected chi connectivity index (χ1v) is 8.11. The molecule has 1 heterocycles. The molecule has 0 aromatic carbocycles. The van der Waals surface area contributed by atoms with Crippen LogP contribution in [0.15, 0.2) is 0 Å². The number of carbonyl (C=O) groups excluding carboxylic acids is 2.